The van der Waals surface area contributed by atoms with Crippen LogP contribution in [0.3, 0.4) is 0 Å². The summed E-state index contributed by atoms with van der Waals surface area (Å²) in [5, 5.41) is 6.00. The Labute approximate surface area is 284 Å². The molecule has 1 amide bonds. The first-order valence-electron chi connectivity index (χ1n) is 16.7. The largest absolute Gasteiger partial charge is 0.327 e. The number of aryl methyl sites for hydroxylation is 1. The lowest BCUT2D eigenvalue weighted by atomic mass is 9.89. The Morgan fingerprint density at radius 1 is 1.00 bits per heavy atom. The summed E-state index contributed by atoms with van der Waals surface area (Å²) in [6, 6.07) is 10.5. The van der Waals surface area contributed by atoms with Gasteiger partial charge in [-0.1, -0.05) is 35.9 Å². The van der Waals surface area contributed by atoms with Gasteiger partial charge in [-0.2, -0.15) is 5.10 Å². The molecule has 10 heteroatoms. The maximum atomic E-state index is 14.4. The minimum absolute atomic E-state index is 0.0245. The molecule has 9 nitrogen and oxygen atoms in total. The van der Waals surface area contributed by atoms with E-state index in [4.69, 9.17) is 16.7 Å². The molecule has 3 atom stereocenters. The molecule has 4 aromatic rings. The van der Waals surface area contributed by atoms with Crippen LogP contribution in [0.25, 0.3) is 22.0 Å². The summed E-state index contributed by atoms with van der Waals surface area (Å²) in [5.74, 6) is 0.459. The van der Waals surface area contributed by atoms with Crippen LogP contribution in [0, 0.1) is 12.3 Å². The zero-order valence-corrected chi connectivity index (χ0v) is 28.0. The second kappa shape index (κ2) is 12.8. The highest BCUT2D eigenvalue weighted by Gasteiger charge is 2.66. The monoisotopic (exact) mass is 663 g/mol. The van der Waals surface area contributed by atoms with Crippen LogP contribution in [-0.4, -0.2) is 60.0 Å². The molecule has 4 heterocycles. The molecule has 2 aromatic heterocycles. The molecule has 1 saturated carbocycles. The van der Waals surface area contributed by atoms with E-state index in [1.807, 2.05) is 31.2 Å². The van der Waals surface area contributed by atoms with Crippen molar-refractivity contribution in [3.63, 3.8) is 0 Å². The predicted octanol–water partition coefficient (Wildman–Crippen LogP) is 6.46. The minimum Gasteiger partial charge on any atom is -0.327 e. The van der Waals surface area contributed by atoms with Crippen LogP contribution in [0.1, 0.15) is 79.3 Å². The second-order valence-electron chi connectivity index (χ2n) is 13.6. The van der Waals surface area contributed by atoms with Crippen molar-refractivity contribution in [1.82, 2.24) is 24.6 Å². The molecule has 1 aliphatic carbocycles. The summed E-state index contributed by atoms with van der Waals surface area (Å²) in [5.41, 5.74) is 4.20. The van der Waals surface area contributed by atoms with Crippen LogP contribution >= 0.6 is 11.6 Å². The van der Waals surface area contributed by atoms with Gasteiger partial charge in [-0.3, -0.25) is 23.9 Å². The van der Waals surface area contributed by atoms with Gasteiger partial charge in [-0.15, -0.1) is 0 Å². The summed E-state index contributed by atoms with van der Waals surface area (Å²) in [6.45, 7) is 3.21. The fraction of sp³-hybridized carbons (Fsp3) is 0.395. The van der Waals surface area contributed by atoms with Crippen LogP contribution in [0.5, 0.6) is 0 Å². The van der Waals surface area contributed by atoms with Crippen molar-refractivity contribution in [1.29, 1.82) is 0 Å². The Bertz CT molecular complexity index is 1970. The molecule has 2 bridgehead atoms. The number of nitrogens with zero attached hydrogens (tertiary/aromatic N) is 5. The van der Waals surface area contributed by atoms with Crippen molar-refractivity contribution in [3.05, 3.63) is 88.6 Å². The van der Waals surface area contributed by atoms with Crippen molar-refractivity contribution in [2.75, 3.05) is 0 Å². The number of Topliss-reactive ketones (excluding diaryl/α,β-unsaturated/α-hetero) is 3. The van der Waals surface area contributed by atoms with Crippen LogP contribution in [-0.2, 0) is 33.8 Å². The van der Waals surface area contributed by atoms with E-state index in [2.05, 4.69) is 22.1 Å². The van der Waals surface area contributed by atoms with Gasteiger partial charge in [0, 0.05) is 60.6 Å². The fourth-order valence-corrected chi connectivity index (χ4v) is 7.79. The maximum Gasteiger partial charge on any atom is 0.245 e. The third-order valence-electron chi connectivity index (χ3n) is 10.3. The van der Waals surface area contributed by atoms with Crippen LogP contribution < -0.4 is 0 Å². The number of aromatic nitrogens is 4. The quantitative estimate of drug-likeness (QED) is 0.178. The van der Waals surface area contributed by atoms with E-state index in [1.165, 1.54) is 6.92 Å². The smallest absolute Gasteiger partial charge is 0.245 e. The van der Waals surface area contributed by atoms with E-state index >= 15 is 0 Å². The van der Waals surface area contributed by atoms with Crippen molar-refractivity contribution in [2.45, 2.75) is 90.3 Å². The number of piperidine rings is 1. The Morgan fingerprint density at radius 3 is 2.52 bits per heavy atom. The normalized spacial score (nSPS) is 22.9. The molecule has 2 aromatic carbocycles. The van der Waals surface area contributed by atoms with Gasteiger partial charge in [0.05, 0.1) is 11.6 Å². The SMILES string of the molecule is CC(=O)c1nn2c3c(cc(-c4cnc(C)nc4)cc13)CC=CCCCC(=O)CC[C@@]13C[C@@H](C(=O)Cc4ccc(Cl)cc4)N(C(=O)C2)[C@@H]1C3. The van der Waals surface area contributed by atoms with Crippen LogP contribution in [0.4, 0.5) is 0 Å². The molecule has 0 radical (unpaired) electrons. The van der Waals surface area contributed by atoms with E-state index in [1.54, 1.807) is 34.1 Å². The van der Waals surface area contributed by atoms with Crippen molar-refractivity contribution in [3.8, 4) is 11.1 Å². The average molecular weight is 664 g/mol. The van der Waals surface area contributed by atoms with Gasteiger partial charge in [0.15, 0.2) is 11.6 Å². The van der Waals surface area contributed by atoms with Crippen molar-refractivity contribution in [2.24, 2.45) is 5.41 Å². The summed E-state index contributed by atoms with van der Waals surface area (Å²) in [7, 11) is 0. The first-order chi connectivity index (χ1) is 23.1. The highest BCUT2D eigenvalue weighted by Crippen LogP contribution is 2.62. The van der Waals surface area contributed by atoms with E-state index < -0.39 is 6.04 Å². The molecule has 246 valence electrons. The Kier molecular flexibility index (Phi) is 8.58. The van der Waals surface area contributed by atoms with E-state index in [0.717, 1.165) is 47.0 Å². The number of benzene rings is 2. The molecule has 1 saturated heterocycles. The molecule has 3 aliphatic rings. The van der Waals surface area contributed by atoms with Gasteiger partial charge in [-0.25, -0.2) is 9.97 Å². The number of ketones is 3. The van der Waals surface area contributed by atoms with Gasteiger partial charge in [0.2, 0.25) is 5.91 Å². The fourth-order valence-electron chi connectivity index (χ4n) is 7.66. The number of carbonyl (C=O) groups is 4. The van der Waals surface area contributed by atoms with Gasteiger partial charge >= 0.3 is 0 Å². The highest BCUT2D eigenvalue weighted by molar-refractivity contribution is 6.30. The number of hydrogen-bond acceptors (Lipinski definition) is 7. The summed E-state index contributed by atoms with van der Waals surface area (Å²) in [6.07, 6.45) is 12.9. The summed E-state index contributed by atoms with van der Waals surface area (Å²) < 4.78 is 1.65. The zero-order chi connectivity index (χ0) is 33.6. The predicted molar refractivity (Wildman–Crippen MR) is 183 cm³/mol. The maximum absolute atomic E-state index is 14.4. The molecule has 2 fully saturated rings. The lowest BCUT2D eigenvalue weighted by molar-refractivity contribution is -0.139. The van der Waals surface area contributed by atoms with Crippen LogP contribution in [0.2, 0.25) is 5.02 Å². The number of carbonyl (C=O) groups excluding carboxylic acids is 4. The van der Waals surface area contributed by atoms with Crippen molar-refractivity contribution >= 4 is 45.8 Å². The summed E-state index contributed by atoms with van der Waals surface area (Å²) >= 11 is 6.08. The molecule has 0 unspecified atom stereocenters. The van der Waals surface area contributed by atoms with E-state index in [-0.39, 0.29) is 47.7 Å². The third-order valence-corrected chi connectivity index (χ3v) is 10.5. The standard InChI is InChI=1S/C38H38ClN5O4/c1-23(45)36-31-17-27(28-20-40-24(2)41-21-28)16-26-7-5-3-4-6-8-30(46)13-14-38-18-32(33(47)15-25-9-11-29(39)12-10-25)44(34(38)19-38)35(48)22-43(42-36)37(26)31/h3,5,9-12,16-17,20-21,32,34H,4,6-8,13-15,18-19,22H2,1-2H3/t32-,34+,38-/m0/s1. The van der Waals surface area contributed by atoms with Gasteiger partial charge < -0.3 is 4.90 Å². The molecule has 2 aliphatic heterocycles. The van der Waals surface area contributed by atoms with Gasteiger partial charge in [0.1, 0.15) is 23.8 Å². The number of rotatable bonds is 5. The minimum atomic E-state index is -0.592. The molecule has 7 rings (SSSR count). The van der Waals surface area contributed by atoms with Gasteiger partial charge in [-0.05, 0) is 91.8 Å². The zero-order valence-electron chi connectivity index (χ0n) is 27.2. The van der Waals surface area contributed by atoms with E-state index in [0.29, 0.717) is 54.0 Å². The molecule has 48 heavy (non-hydrogen) atoms. The Morgan fingerprint density at radius 2 is 1.77 bits per heavy atom. The number of hydrogen-bond donors (Lipinski definition) is 0. The van der Waals surface area contributed by atoms with E-state index in [9.17, 15) is 19.2 Å². The number of allylic oxidation sites excluding steroid dienone is 2. The third kappa shape index (κ3) is 6.23. The molecular formula is C38H38ClN5O4. The Balaban J connectivity index is 1.30. The average Bonchev–Trinajstić information content (AvgIpc) is 3.47. The first kappa shape index (κ1) is 32.1. The lowest BCUT2D eigenvalue weighted by Crippen LogP contribution is -2.45. The number of amides is 1. The summed E-state index contributed by atoms with van der Waals surface area (Å²) in [4.78, 5) is 64.7. The van der Waals surface area contributed by atoms with Crippen LogP contribution in [0.15, 0.2) is 60.9 Å². The highest BCUT2D eigenvalue weighted by atomic mass is 35.5. The molecule has 0 spiro atoms. The molecular weight excluding hydrogens is 626 g/mol. The lowest BCUT2D eigenvalue weighted by Gasteiger charge is -2.27. The van der Waals surface area contributed by atoms with Gasteiger partial charge in [0.25, 0.3) is 0 Å². The topological polar surface area (TPSA) is 115 Å². The second-order valence-corrected chi connectivity index (χ2v) is 14.0. The Hall–Kier alpha value is -4.50. The first-order valence-corrected chi connectivity index (χ1v) is 17.1. The number of halogens is 1. The molecule has 0 N–H and O–H groups in total. The van der Waals surface area contributed by atoms with Crippen molar-refractivity contribution < 1.29 is 19.2 Å².